The number of benzene rings is 2. The van der Waals surface area contributed by atoms with E-state index in [1.807, 2.05) is 12.1 Å². The van der Waals surface area contributed by atoms with Crippen LogP contribution in [-0.4, -0.2) is 30.1 Å². The first-order chi connectivity index (χ1) is 12.1. The first kappa shape index (κ1) is 17.0. The lowest BCUT2D eigenvalue weighted by Gasteiger charge is -2.13. The van der Waals surface area contributed by atoms with Crippen LogP contribution in [0.2, 0.25) is 0 Å². The van der Waals surface area contributed by atoms with Gasteiger partial charge in [-0.25, -0.2) is 9.18 Å². The van der Waals surface area contributed by atoms with Crippen molar-refractivity contribution in [3.63, 3.8) is 0 Å². The Bertz CT molecular complexity index is 762. The third-order valence-electron chi connectivity index (χ3n) is 4.04. The number of anilines is 1. The summed E-state index contributed by atoms with van der Waals surface area (Å²) in [6.45, 7) is 1.50. The van der Waals surface area contributed by atoms with Crippen molar-refractivity contribution >= 4 is 17.7 Å². The first-order valence-electron chi connectivity index (χ1n) is 8.16. The Labute approximate surface area is 145 Å². The van der Waals surface area contributed by atoms with Crippen molar-refractivity contribution in [2.24, 2.45) is 0 Å². The van der Waals surface area contributed by atoms with E-state index in [1.54, 1.807) is 35.2 Å². The molecule has 1 saturated heterocycles. The van der Waals surface area contributed by atoms with Crippen LogP contribution in [0.1, 0.15) is 17.5 Å². The highest BCUT2D eigenvalue weighted by atomic mass is 19.1. The van der Waals surface area contributed by atoms with Gasteiger partial charge < -0.3 is 15.0 Å². The van der Waals surface area contributed by atoms with Crippen molar-refractivity contribution in [3.05, 3.63) is 65.5 Å². The Morgan fingerprint density at radius 2 is 1.92 bits per heavy atom. The van der Waals surface area contributed by atoms with Crippen molar-refractivity contribution in [2.75, 3.05) is 18.5 Å². The van der Waals surface area contributed by atoms with Crippen LogP contribution in [-0.2, 0) is 22.5 Å². The quantitative estimate of drug-likeness (QED) is 0.876. The topological polar surface area (TPSA) is 58.6 Å². The highest BCUT2D eigenvalue weighted by Crippen LogP contribution is 2.15. The monoisotopic (exact) mass is 342 g/mol. The minimum Gasteiger partial charge on any atom is -0.448 e. The molecule has 0 unspecified atom stereocenters. The summed E-state index contributed by atoms with van der Waals surface area (Å²) in [6.07, 6.45) is 0.265. The maximum absolute atomic E-state index is 13.5. The van der Waals surface area contributed by atoms with Gasteiger partial charge in [-0.2, -0.15) is 0 Å². The Morgan fingerprint density at radius 3 is 2.60 bits per heavy atom. The van der Waals surface area contributed by atoms with E-state index in [2.05, 4.69) is 5.32 Å². The van der Waals surface area contributed by atoms with Gasteiger partial charge >= 0.3 is 6.09 Å². The molecule has 0 bridgehead atoms. The molecule has 0 saturated carbocycles. The molecular weight excluding hydrogens is 323 g/mol. The van der Waals surface area contributed by atoms with Crippen LogP contribution in [0.5, 0.6) is 0 Å². The van der Waals surface area contributed by atoms with E-state index in [-0.39, 0.29) is 24.2 Å². The second-order valence-corrected chi connectivity index (χ2v) is 5.87. The Balaban J connectivity index is 1.50. The molecule has 0 aliphatic carbocycles. The van der Waals surface area contributed by atoms with Crippen LogP contribution in [0, 0.1) is 5.82 Å². The number of nitrogens with one attached hydrogen (secondary N) is 1. The SMILES string of the molecule is O=C(CCc1ccccc1F)Nc1ccc(CN2CCOC2=O)cc1. The number of hydrogen-bond donors (Lipinski definition) is 1. The number of rotatable bonds is 6. The van der Waals surface area contributed by atoms with Gasteiger partial charge in [-0.1, -0.05) is 30.3 Å². The summed E-state index contributed by atoms with van der Waals surface area (Å²) in [6, 6.07) is 13.8. The molecule has 1 N–H and O–H groups in total. The first-order valence-corrected chi connectivity index (χ1v) is 8.16. The molecule has 2 amide bonds. The van der Waals surface area contributed by atoms with Gasteiger partial charge in [0.1, 0.15) is 12.4 Å². The van der Waals surface area contributed by atoms with Crippen LogP contribution in [0.3, 0.4) is 0 Å². The molecule has 3 rings (SSSR count). The molecule has 1 aliphatic rings. The predicted molar refractivity (Wildman–Crippen MR) is 91.6 cm³/mol. The summed E-state index contributed by atoms with van der Waals surface area (Å²) < 4.78 is 18.4. The summed E-state index contributed by atoms with van der Waals surface area (Å²) in [5.41, 5.74) is 2.17. The maximum Gasteiger partial charge on any atom is 0.410 e. The van der Waals surface area contributed by atoms with Crippen molar-refractivity contribution in [3.8, 4) is 0 Å². The van der Waals surface area contributed by atoms with Crippen molar-refractivity contribution in [1.29, 1.82) is 0 Å². The summed E-state index contributed by atoms with van der Waals surface area (Å²) in [5, 5.41) is 2.79. The Kier molecular flexibility index (Phi) is 5.28. The van der Waals surface area contributed by atoms with E-state index < -0.39 is 0 Å². The van der Waals surface area contributed by atoms with Crippen LogP contribution in [0.4, 0.5) is 14.9 Å². The number of carbonyl (C=O) groups excluding carboxylic acids is 2. The fourth-order valence-electron chi connectivity index (χ4n) is 2.66. The van der Waals surface area contributed by atoms with E-state index in [4.69, 9.17) is 4.74 Å². The summed E-state index contributed by atoms with van der Waals surface area (Å²) in [4.78, 5) is 25.1. The van der Waals surface area contributed by atoms with Crippen LogP contribution >= 0.6 is 0 Å². The van der Waals surface area contributed by atoms with Gasteiger partial charge in [0.2, 0.25) is 5.91 Å². The number of ether oxygens (including phenoxy) is 1. The van der Waals surface area contributed by atoms with Gasteiger partial charge in [-0.15, -0.1) is 0 Å². The van der Waals surface area contributed by atoms with Gasteiger partial charge in [0.15, 0.2) is 0 Å². The number of hydrogen-bond acceptors (Lipinski definition) is 3. The molecule has 0 spiro atoms. The molecule has 1 heterocycles. The maximum atomic E-state index is 13.5. The molecule has 5 nitrogen and oxygen atoms in total. The van der Waals surface area contributed by atoms with Crippen LogP contribution in [0.25, 0.3) is 0 Å². The molecule has 130 valence electrons. The lowest BCUT2D eigenvalue weighted by molar-refractivity contribution is -0.116. The van der Waals surface area contributed by atoms with E-state index in [0.29, 0.717) is 37.4 Å². The summed E-state index contributed by atoms with van der Waals surface area (Å²) in [7, 11) is 0. The van der Waals surface area contributed by atoms with Gasteiger partial charge in [0, 0.05) is 18.7 Å². The minimum atomic E-state index is -0.300. The van der Waals surface area contributed by atoms with Crippen LogP contribution in [0.15, 0.2) is 48.5 Å². The zero-order valence-corrected chi connectivity index (χ0v) is 13.7. The summed E-state index contributed by atoms with van der Waals surface area (Å²) >= 11 is 0. The largest absolute Gasteiger partial charge is 0.448 e. The third-order valence-corrected chi connectivity index (χ3v) is 4.04. The van der Waals surface area contributed by atoms with E-state index in [9.17, 15) is 14.0 Å². The Hall–Kier alpha value is -2.89. The number of aryl methyl sites for hydroxylation is 1. The van der Waals surface area contributed by atoms with E-state index in [1.165, 1.54) is 6.07 Å². The average molecular weight is 342 g/mol. The number of halogens is 1. The van der Waals surface area contributed by atoms with Crippen molar-refractivity contribution in [2.45, 2.75) is 19.4 Å². The summed E-state index contributed by atoms with van der Waals surface area (Å²) in [5.74, 6) is -0.459. The van der Waals surface area contributed by atoms with E-state index in [0.717, 1.165) is 5.56 Å². The highest BCUT2D eigenvalue weighted by molar-refractivity contribution is 5.90. The number of carbonyl (C=O) groups is 2. The Morgan fingerprint density at radius 1 is 1.16 bits per heavy atom. The second-order valence-electron chi connectivity index (χ2n) is 5.87. The average Bonchev–Trinajstić information content (AvgIpc) is 3.01. The van der Waals surface area contributed by atoms with Crippen molar-refractivity contribution in [1.82, 2.24) is 4.90 Å². The molecule has 1 aliphatic heterocycles. The van der Waals surface area contributed by atoms with Gasteiger partial charge in [-0.05, 0) is 35.7 Å². The van der Waals surface area contributed by atoms with Crippen LogP contribution < -0.4 is 5.32 Å². The second kappa shape index (κ2) is 7.79. The minimum absolute atomic E-state index is 0.167. The molecule has 25 heavy (non-hydrogen) atoms. The molecule has 0 atom stereocenters. The molecular formula is C19H19FN2O3. The predicted octanol–water partition coefficient (Wildman–Crippen LogP) is 3.35. The van der Waals surface area contributed by atoms with Crippen molar-refractivity contribution < 1.29 is 18.7 Å². The lowest BCUT2D eigenvalue weighted by Crippen LogP contribution is -2.23. The lowest BCUT2D eigenvalue weighted by atomic mass is 10.1. The molecule has 2 aromatic carbocycles. The number of nitrogens with zero attached hydrogens (tertiary/aromatic N) is 1. The molecule has 1 fully saturated rings. The molecule has 2 aromatic rings. The van der Waals surface area contributed by atoms with E-state index >= 15 is 0 Å². The van der Waals surface area contributed by atoms with Gasteiger partial charge in [0.25, 0.3) is 0 Å². The molecule has 0 radical (unpaired) electrons. The number of cyclic esters (lactones) is 1. The molecule has 0 aromatic heterocycles. The number of amides is 2. The normalized spacial score (nSPS) is 13.6. The fourth-order valence-corrected chi connectivity index (χ4v) is 2.66. The van der Waals surface area contributed by atoms with Gasteiger partial charge in [-0.3, -0.25) is 4.79 Å². The molecule has 6 heteroatoms. The zero-order valence-electron chi connectivity index (χ0n) is 13.7. The zero-order chi connectivity index (χ0) is 17.6. The fraction of sp³-hybridized carbons (Fsp3) is 0.263. The highest BCUT2D eigenvalue weighted by Gasteiger charge is 2.21. The smallest absolute Gasteiger partial charge is 0.410 e. The third kappa shape index (κ3) is 4.56. The standard InChI is InChI=1S/C19H19FN2O3/c20-17-4-2-1-3-15(17)7-10-18(23)21-16-8-5-14(6-9-16)13-22-11-12-25-19(22)24/h1-6,8-9H,7,10-13H2,(H,21,23). The van der Waals surface area contributed by atoms with Gasteiger partial charge in [0.05, 0.1) is 6.54 Å².